The molecule has 0 bridgehead atoms. The van der Waals surface area contributed by atoms with Crippen LogP contribution in [-0.2, 0) is 4.79 Å². The fourth-order valence-electron chi connectivity index (χ4n) is 3.87. The zero-order valence-corrected chi connectivity index (χ0v) is 16.5. The number of hydrogen-bond donors (Lipinski definition) is 1. The molecule has 0 aliphatic heterocycles. The summed E-state index contributed by atoms with van der Waals surface area (Å²) in [4.78, 5) is 12.6. The van der Waals surface area contributed by atoms with Crippen LogP contribution < -0.4 is 5.32 Å². The number of carbonyl (C=O) groups excluding carboxylic acids is 1. The Hall–Kier alpha value is -2.59. The van der Waals surface area contributed by atoms with E-state index in [-0.39, 0.29) is 5.91 Å². The molecular formula is C23H24ClN3O. The van der Waals surface area contributed by atoms with E-state index in [4.69, 9.17) is 16.7 Å². The van der Waals surface area contributed by atoms with Gasteiger partial charge in [0.15, 0.2) is 0 Å². The maximum absolute atomic E-state index is 12.6. The molecular weight excluding hydrogens is 370 g/mol. The van der Waals surface area contributed by atoms with Crippen LogP contribution in [0.3, 0.4) is 0 Å². The van der Waals surface area contributed by atoms with Crippen LogP contribution in [0.1, 0.15) is 38.5 Å². The van der Waals surface area contributed by atoms with E-state index in [1.165, 1.54) is 25.7 Å². The molecule has 0 spiro atoms. The summed E-state index contributed by atoms with van der Waals surface area (Å²) in [5.74, 6) is 1.36. The fourth-order valence-corrected chi connectivity index (χ4v) is 4.08. The molecule has 144 valence electrons. The van der Waals surface area contributed by atoms with E-state index >= 15 is 0 Å². The molecule has 1 heterocycles. The largest absolute Gasteiger partial charge is 0.311 e. The van der Waals surface area contributed by atoms with Gasteiger partial charge >= 0.3 is 0 Å². The van der Waals surface area contributed by atoms with Crippen molar-refractivity contribution in [1.82, 2.24) is 9.78 Å². The number of aromatic nitrogens is 2. The van der Waals surface area contributed by atoms with Gasteiger partial charge in [-0.2, -0.15) is 5.10 Å². The minimum Gasteiger partial charge on any atom is -0.311 e. The van der Waals surface area contributed by atoms with E-state index in [1.807, 2.05) is 60.7 Å². The number of nitrogens with zero attached hydrogens (tertiary/aromatic N) is 2. The minimum absolute atomic E-state index is 0.0275. The third kappa shape index (κ3) is 4.28. The van der Waals surface area contributed by atoms with Crippen molar-refractivity contribution in [3.63, 3.8) is 0 Å². The first-order chi connectivity index (χ1) is 13.7. The van der Waals surface area contributed by atoms with Crippen molar-refractivity contribution in [3.05, 3.63) is 65.7 Å². The molecule has 28 heavy (non-hydrogen) atoms. The topological polar surface area (TPSA) is 46.9 Å². The summed E-state index contributed by atoms with van der Waals surface area (Å²) in [7, 11) is 0. The minimum atomic E-state index is 0.0275. The Morgan fingerprint density at radius 2 is 1.79 bits per heavy atom. The highest BCUT2D eigenvalue weighted by Crippen LogP contribution is 2.30. The van der Waals surface area contributed by atoms with Gasteiger partial charge in [0.1, 0.15) is 5.82 Å². The molecule has 3 aromatic rings. The Morgan fingerprint density at radius 3 is 2.54 bits per heavy atom. The van der Waals surface area contributed by atoms with Crippen LogP contribution in [0.4, 0.5) is 5.82 Å². The Balaban J connectivity index is 1.60. The predicted molar refractivity (Wildman–Crippen MR) is 114 cm³/mol. The third-order valence-electron chi connectivity index (χ3n) is 5.38. The molecule has 2 aromatic carbocycles. The first-order valence-corrected chi connectivity index (χ1v) is 10.3. The van der Waals surface area contributed by atoms with E-state index in [0.717, 1.165) is 23.4 Å². The van der Waals surface area contributed by atoms with Crippen molar-refractivity contribution >= 4 is 23.3 Å². The maximum Gasteiger partial charge on any atom is 0.225 e. The fraction of sp³-hybridized carbons (Fsp3) is 0.304. The van der Waals surface area contributed by atoms with Gasteiger partial charge in [-0.25, -0.2) is 4.68 Å². The Bertz CT molecular complexity index is 945. The number of nitrogens with one attached hydrogen (secondary N) is 1. The molecule has 1 saturated carbocycles. The first-order valence-electron chi connectivity index (χ1n) is 9.91. The van der Waals surface area contributed by atoms with Crippen molar-refractivity contribution in [2.24, 2.45) is 5.92 Å². The van der Waals surface area contributed by atoms with Crippen molar-refractivity contribution in [2.45, 2.75) is 38.5 Å². The molecule has 4 nitrogen and oxygen atoms in total. The molecule has 0 unspecified atom stereocenters. The summed E-state index contributed by atoms with van der Waals surface area (Å²) in [6.45, 7) is 0. The molecule has 1 fully saturated rings. The van der Waals surface area contributed by atoms with Crippen LogP contribution in [0.5, 0.6) is 0 Å². The quantitative estimate of drug-likeness (QED) is 0.549. The number of rotatable bonds is 6. The SMILES string of the molecule is O=C(CCC1CCCC1)Nc1cc(-c2ccccc2)nn1-c1ccccc1Cl. The molecule has 5 heteroatoms. The summed E-state index contributed by atoms with van der Waals surface area (Å²) in [5, 5.41) is 8.36. The summed E-state index contributed by atoms with van der Waals surface area (Å²) < 4.78 is 1.72. The molecule has 1 aromatic heterocycles. The number of amides is 1. The van der Waals surface area contributed by atoms with Crippen molar-refractivity contribution < 1.29 is 4.79 Å². The summed E-state index contributed by atoms with van der Waals surface area (Å²) >= 11 is 6.40. The molecule has 0 atom stereocenters. The highest BCUT2D eigenvalue weighted by atomic mass is 35.5. The van der Waals surface area contributed by atoms with Gasteiger partial charge in [0.05, 0.1) is 16.4 Å². The highest BCUT2D eigenvalue weighted by Gasteiger charge is 2.18. The lowest BCUT2D eigenvalue weighted by molar-refractivity contribution is -0.116. The highest BCUT2D eigenvalue weighted by molar-refractivity contribution is 6.32. The number of anilines is 1. The van der Waals surface area contributed by atoms with Gasteiger partial charge in [-0.3, -0.25) is 4.79 Å². The van der Waals surface area contributed by atoms with Crippen molar-refractivity contribution in [1.29, 1.82) is 0 Å². The third-order valence-corrected chi connectivity index (χ3v) is 5.70. The van der Waals surface area contributed by atoms with E-state index in [2.05, 4.69) is 5.32 Å². The normalized spacial score (nSPS) is 14.3. The van der Waals surface area contributed by atoms with Gasteiger partial charge in [0.25, 0.3) is 0 Å². The van der Waals surface area contributed by atoms with Crippen molar-refractivity contribution in [2.75, 3.05) is 5.32 Å². The number of carbonyl (C=O) groups is 1. The van der Waals surface area contributed by atoms with Crippen LogP contribution in [0, 0.1) is 5.92 Å². The number of hydrogen-bond acceptors (Lipinski definition) is 2. The summed E-state index contributed by atoms with van der Waals surface area (Å²) in [6, 6.07) is 19.4. The van der Waals surface area contributed by atoms with Gasteiger partial charge in [0, 0.05) is 18.1 Å². The average Bonchev–Trinajstić information content (AvgIpc) is 3.38. The maximum atomic E-state index is 12.6. The number of halogens is 1. The van der Waals surface area contributed by atoms with E-state index in [1.54, 1.807) is 4.68 Å². The lowest BCUT2D eigenvalue weighted by atomic mass is 10.0. The van der Waals surface area contributed by atoms with Gasteiger partial charge < -0.3 is 5.32 Å². The lowest BCUT2D eigenvalue weighted by Gasteiger charge is -2.11. The Kier molecular flexibility index (Phi) is 5.77. The zero-order valence-electron chi connectivity index (χ0n) is 15.8. The van der Waals surface area contributed by atoms with Crippen LogP contribution in [0.25, 0.3) is 16.9 Å². The monoisotopic (exact) mass is 393 g/mol. The average molecular weight is 394 g/mol. The molecule has 1 amide bonds. The van der Waals surface area contributed by atoms with E-state index in [0.29, 0.717) is 23.2 Å². The second kappa shape index (κ2) is 8.61. The lowest BCUT2D eigenvalue weighted by Crippen LogP contribution is -2.15. The van der Waals surface area contributed by atoms with E-state index in [9.17, 15) is 4.79 Å². The first kappa shape index (κ1) is 18.8. The van der Waals surface area contributed by atoms with Gasteiger partial charge in [0.2, 0.25) is 5.91 Å². The molecule has 1 aliphatic carbocycles. The molecule has 1 aliphatic rings. The van der Waals surface area contributed by atoms with Gasteiger partial charge in [-0.1, -0.05) is 79.7 Å². The van der Waals surface area contributed by atoms with Crippen LogP contribution in [0.15, 0.2) is 60.7 Å². The van der Waals surface area contributed by atoms with Gasteiger partial charge in [-0.15, -0.1) is 0 Å². The molecule has 4 rings (SSSR count). The Labute approximate surface area is 170 Å². The van der Waals surface area contributed by atoms with Crippen LogP contribution >= 0.6 is 11.6 Å². The zero-order chi connectivity index (χ0) is 19.3. The summed E-state index contributed by atoms with van der Waals surface area (Å²) in [6.07, 6.45) is 6.60. The Morgan fingerprint density at radius 1 is 1.07 bits per heavy atom. The molecule has 0 radical (unpaired) electrons. The standard InChI is InChI=1S/C23H24ClN3O/c24-19-12-6-7-13-21(19)27-22(16-20(26-27)18-10-2-1-3-11-18)25-23(28)15-14-17-8-4-5-9-17/h1-3,6-7,10-13,16-17H,4-5,8-9,14-15H2,(H,25,28). The number of para-hydroxylation sites is 1. The number of benzene rings is 2. The van der Waals surface area contributed by atoms with Crippen LogP contribution in [0.2, 0.25) is 5.02 Å². The molecule has 1 N–H and O–H groups in total. The summed E-state index contributed by atoms with van der Waals surface area (Å²) in [5.41, 5.74) is 2.54. The van der Waals surface area contributed by atoms with Crippen LogP contribution in [-0.4, -0.2) is 15.7 Å². The predicted octanol–water partition coefficient (Wildman–Crippen LogP) is 6.10. The van der Waals surface area contributed by atoms with Crippen molar-refractivity contribution in [3.8, 4) is 16.9 Å². The van der Waals surface area contributed by atoms with E-state index < -0.39 is 0 Å². The molecule has 0 saturated heterocycles. The smallest absolute Gasteiger partial charge is 0.225 e. The van der Waals surface area contributed by atoms with Gasteiger partial charge in [-0.05, 0) is 24.5 Å². The second-order valence-corrected chi connectivity index (χ2v) is 7.79. The second-order valence-electron chi connectivity index (χ2n) is 7.38.